The molecule has 1 heterocycles. The third kappa shape index (κ3) is 9.75. The van der Waals surface area contributed by atoms with Crippen LogP contribution in [0.25, 0.3) is 0 Å². The van der Waals surface area contributed by atoms with Gasteiger partial charge in [0.05, 0.1) is 0 Å². The standard InChI is InChI=1S/C19H29NO11/c1-10(21)20-16-18(30-13(4)24)17(29-12(3)23)14(9-28-11(2)22)31-19(16)27-8-6-5-7-15(25)26/h14,16-19H,5-9H2,1-4H3,(H,20,21)(H,25,26)/t14?,16-,17+,18?,19+/m0/s1. The Balaban J connectivity index is 3.11. The van der Waals surface area contributed by atoms with Crippen molar-refractivity contribution >= 4 is 29.8 Å². The van der Waals surface area contributed by atoms with Crippen molar-refractivity contribution < 1.29 is 52.8 Å². The number of unbranched alkanes of at least 4 members (excludes halogenated alkanes) is 1. The lowest BCUT2D eigenvalue weighted by Crippen LogP contribution is -2.66. The molecule has 2 unspecified atom stereocenters. The normalized spacial score (nSPS) is 25.2. The Morgan fingerprint density at radius 1 is 0.903 bits per heavy atom. The Morgan fingerprint density at radius 2 is 1.52 bits per heavy atom. The molecule has 1 fully saturated rings. The minimum atomic E-state index is -1.19. The van der Waals surface area contributed by atoms with Crippen LogP contribution in [0, 0.1) is 0 Å². The van der Waals surface area contributed by atoms with E-state index in [2.05, 4.69) is 5.32 Å². The molecule has 1 aliphatic heterocycles. The zero-order valence-corrected chi connectivity index (χ0v) is 18.0. The van der Waals surface area contributed by atoms with E-state index >= 15 is 0 Å². The molecule has 1 rings (SSSR count). The van der Waals surface area contributed by atoms with Gasteiger partial charge in [0.1, 0.15) is 18.8 Å². The number of carboxylic acid groups (broad SMARTS) is 1. The van der Waals surface area contributed by atoms with E-state index in [1.807, 2.05) is 0 Å². The van der Waals surface area contributed by atoms with E-state index in [-0.39, 0.29) is 19.6 Å². The van der Waals surface area contributed by atoms with Crippen molar-refractivity contribution in [2.75, 3.05) is 13.2 Å². The molecule has 1 amide bonds. The zero-order chi connectivity index (χ0) is 23.6. The molecule has 1 aliphatic rings. The lowest BCUT2D eigenvalue weighted by atomic mass is 9.96. The molecule has 31 heavy (non-hydrogen) atoms. The lowest BCUT2D eigenvalue weighted by molar-refractivity contribution is -0.277. The number of carbonyl (C=O) groups excluding carboxylic acids is 4. The molecule has 12 nitrogen and oxygen atoms in total. The summed E-state index contributed by atoms with van der Waals surface area (Å²) in [6.07, 6.45) is -3.87. The number of carboxylic acids is 1. The van der Waals surface area contributed by atoms with E-state index in [9.17, 15) is 24.0 Å². The molecule has 0 radical (unpaired) electrons. The van der Waals surface area contributed by atoms with Crippen LogP contribution in [0.5, 0.6) is 0 Å². The van der Waals surface area contributed by atoms with Crippen molar-refractivity contribution in [3.05, 3.63) is 0 Å². The van der Waals surface area contributed by atoms with Gasteiger partial charge >= 0.3 is 23.9 Å². The Labute approximate surface area is 179 Å². The van der Waals surface area contributed by atoms with E-state index in [1.165, 1.54) is 13.8 Å². The second kappa shape index (κ2) is 12.8. The Kier molecular flexibility index (Phi) is 10.9. The molecule has 0 aromatic heterocycles. The quantitative estimate of drug-likeness (QED) is 0.247. The highest BCUT2D eigenvalue weighted by molar-refractivity contribution is 5.73. The summed E-state index contributed by atoms with van der Waals surface area (Å²) < 4.78 is 27.1. The summed E-state index contributed by atoms with van der Waals surface area (Å²) in [5.74, 6) is -3.43. The first-order valence-corrected chi connectivity index (χ1v) is 9.75. The number of nitrogens with one attached hydrogen (secondary N) is 1. The molecular weight excluding hydrogens is 418 g/mol. The second-order valence-corrected chi connectivity index (χ2v) is 6.94. The van der Waals surface area contributed by atoms with Crippen LogP contribution >= 0.6 is 0 Å². The van der Waals surface area contributed by atoms with Gasteiger partial charge in [-0.3, -0.25) is 24.0 Å². The third-order valence-corrected chi connectivity index (χ3v) is 4.14. The van der Waals surface area contributed by atoms with Crippen molar-refractivity contribution in [1.82, 2.24) is 5.32 Å². The van der Waals surface area contributed by atoms with E-state index in [0.717, 1.165) is 13.8 Å². The van der Waals surface area contributed by atoms with Crippen LogP contribution in [0.15, 0.2) is 0 Å². The van der Waals surface area contributed by atoms with Gasteiger partial charge in [0.2, 0.25) is 5.91 Å². The van der Waals surface area contributed by atoms with Gasteiger partial charge in [-0.2, -0.15) is 0 Å². The number of hydrogen-bond donors (Lipinski definition) is 2. The Bertz CT molecular complexity index is 665. The fraction of sp³-hybridized carbons (Fsp3) is 0.737. The molecule has 0 aliphatic carbocycles. The summed E-state index contributed by atoms with van der Waals surface area (Å²) in [5.41, 5.74) is 0. The lowest BCUT2D eigenvalue weighted by Gasteiger charge is -2.44. The summed E-state index contributed by atoms with van der Waals surface area (Å²) in [5, 5.41) is 11.3. The van der Waals surface area contributed by atoms with Crippen molar-refractivity contribution in [2.24, 2.45) is 0 Å². The maximum atomic E-state index is 11.8. The monoisotopic (exact) mass is 447 g/mol. The summed E-state index contributed by atoms with van der Waals surface area (Å²) in [6.45, 7) is 4.47. The first-order valence-electron chi connectivity index (χ1n) is 9.75. The van der Waals surface area contributed by atoms with Gasteiger partial charge in [0.25, 0.3) is 0 Å². The number of carbonyl (C=O) groups is 5. The van der Waals surface area contributed by atoms with Gasteiger partial charge in [-0.25, -0.2) is 0 Å². The highest BCUT2D eigenvalue weighted by Crippen LogP contribution is 2.28. The van der Waals surface area contributed by atoms with Crippen LogP contribution in [0.2, 0.25) is 0 Å². The fourth-order valence-electron chi connectivity index (χ4n) is 3.01. The molecular formula is C19H29NO11. The number of amides is 1. The van der Waals surface area contributed by atoms with Gasteiger partial charge in [-0.05, 0) is 12.8 Å². The van der Waals surface area contributed by atoms with E-state index < -0.39 is 60.4 Å². The molecule has 12 heteroatoms. The highest BCUT2D eigenvalue weighted by Gasteiger charge is 2.51. The molecule has 0 aromatic rings. The smallest absolute Gasteiger partial charge is 0.303 e. The predicted molar refractivity (Wildman–Crippen MR) is 101 cm³/mol. The Hall–Kier alpha value is -2.73. The van der Waals surface area contributed by atoms with Gasteiger partial charge < -0.3 is 34.1 Å². The van der Waals surface area contributed by atoms with Crippen LogP contribution in [-0.2, 0) is 47.7 Å². The largest absolute Gasteiger partial charge is 0.481 e. The molecule has 0 saturated carbocycles. The number of aliphatic carboxylic acids is 1. The highest BCUT2D eigenvalue weighted by atomic mass is 16.7. The average Bonchev–Trinajstić information content (AvgIpc) is 2.62. The van der Waals surface area contributed by atoms with Gasteiger partial charge in [-0.15, -0.1) is 0 Å². The number of hydrogen-bond acceptors (Lipinski definition) is 10. The number of rotatable bonds is 11. The molecule has 1 saturated heterocycles. The second-order valence-electron chi connectivity index (χ2n) is 6.94. The molecule has 0 spiro atoms. The average molecular weight is 447 g/mol. The van der Waals surface area contributed by atoms with Crippen molar-refractivity contribution in [1.29, 1.82) is 0 Å². The molecule has 5 atom stereocenters. The molecule has 2 N–H and O–H groups in total. The summed E-state index contributed by atoms with van der Waals surface area (Å²) >= 11 is 0. The molecule has 176 valence electrons. The van der Waals surface area contributed by atoms with Crippen LogP contribution in [-0.4, -0.2) is 78.7 Å². The first-order chi connectivity index (χ1) is 14.5. The molecule has 0 bridgehead atoms. The topological polar surface area (TPSA) is 164 Å². The van der Waals surface area contributed by atoms with E-state index in [0.29, 0.717) is 12.8 Å². The van der Waals surface area contributed by atoms with Crippen molar-refractivity contribution in [2.45, 2.75) is 77.6 Å². The Morgan fingerprint density at radius 3 is 2.03 bits per heavy atom. The molecule has 0 aromatic carbocycles. The maximum Gasteiger partial charge on any atom is 0.303 e. The van der Waals surface area contributed by atoms with Crippen molar-refractivity contribution in [3.63, 3.8) is 0 Å². The summed E-state index contributed by atoms with van der Waals surface area (Å²) in [4.78, 5) is 57.0. The number of esters is 3. The SMILES string of the molecule is CC(=O)N[C@H]1C(OC(C)=O)[C@H](OC(C)=O)C(COC(C)=O)O[C@H]1OCCCCC(=O)O. The van der Waals surface area contributed by atoms with E-state index in [4.69, 9.17) is 28.8 Å². The third-order valence-electron chi connectivity index (χ3n) is 4.14. The zero-order valence-electron chi connectivity index (χ0n) is 18.0. The minimum absolute atomic E-state index is 0.0380. The minimum Gasteiger partial charge on any atom is -0.481 e. The van der Waals surface area contributed by atoms with Crippen LogP contribution in [0.4, 0.5) is 0 Å². The van der Waals surface area contributed by atoms with Crippen molar-refractivity contribution in [3.8, 4) is 0 Å². The van der Waals surface area contributed by atoms with Gasteiger partial charge in [0.15, 0.2) is 18.5 Å². The number of ether oxygens (including phenoxy) is 5. The van der Waals surface area contributed by atoms with Crippen LogP contribution in [0.3, 0.4) is 0 Å². The summed E-state index contributed by atoms with van der Waals surface area (Å²) in [7, 11) is 0. The predicted octanol–water partition coefficient (Wildman–Crippen LogP) is -0.0860. The van der Waals surface area contributed by atoms with Crippen LogP contribution in [0.1, 0.15) is 47.0 Å². The van der Waals surface area contributed by atoms with Gasteiger partial charge in [0, 0.05) is 40.7 Å². The fourth-order valence-corrected chi connectivity index (χ4v) is 3.01. The summed E-state index contributed by atoms with van der Waals surface area (Å²) in [6, 6.07) is -1.04. The maximum absolute atomic E-state index is 11.8. The van der Waals surface area contributed by atoms with E-state index in [1.54, 1.807) is 0 Å². The van der Waals surface area contributed by atoms with Crippen LogP contribution < -0.4 is 5.32 Å². The van der Waals surface area contributed by atoms with Gasteiger partial charge in [-0.1, -0.05) is 0 Å². The first kappa shape index (κ1) is 26.3.